The van der Waals surface area contributed by atoms with Crippen molar-refractivity contribution < 1.29 is 14.3 Å². The fraction of sp³-hybridized carbons (Fsp3) is 0.312. The topological polar surface area (TPSA) is 85.4 Å². The van der Waals surface area contributed by atoms with Gasteiger partial charge in [-0.05, 0) is 24.6 Å². The van der Waals surface area contributed by atoms with E-state index in [2.05, 4.69) is 20.6 Å². The molecule has 0 radical (unpaired) electrons. The highest BCUT2D eigenvalue weighted by Gasteiger charge is 2.10. The first-order chi connectivity index (χ1) is 11.2. The molecule has 1 aromatic heterocycles. The van der Waals surface area contributed by atoms with Gasteiger partial charge in [-0.2, -0.15) is 0 Å². The van der Waals surface area contributed by atoms with Gasteiger partial charge in [-0.15, -0.1) is 0 Å². The van der Waals surface area contributed by atoms with E-state index in [0.717, 1.165) is 6.42 Å². The van der Waals surface area contributed by atoms with Gasteiger partial charge >= 0.3 is 0 Å². The van der Waals surface area contributed by atoms with Crippen molar-refractivity contribution in [2.45, 2.75) is 13.3 Å². The monoisotopic (exact) mass is 316 g/mol. The maximum Gasteiger partial charge on any atom is 0.270 e. The normalized spacial score (nSPS) is 10.0. The lowest BCUT2D eigenvalue weighted by Crippen LogP contribution is -2.25. The van der Waals surface area contributed by atoms with E-state index in [4.69, 9.17) is 9.47 Å². The molecule has 2 N–H and O–H groups in total. The molecule has 122 valence electrons. The summed E-state index contributed by atoms with van der Waals surface area (Å²) in [4.78, 5) is 20.3. The number of nitrogens with zero attached hydrogens (tertiary/aromatic N) is 2. The number of ether oxygens (including phenoxy) is 2. The van der Waals surface area contributed by atoms with Crippen molar-refractivity contribution in [3.05, 3.63) is 36.2 Å². The van der Waals surface area contributed by atoms with E-state index in [1.54, 1.807) is 38.5 Å². The van der Waals surface area contributed by atoms with Crippen molar-refractivity contribution in [2.75, 3.05) is 26.1 Å². The number of carbonyl (C=O) groups is 1. The molecule has 0 aliphatic heterocycles. The minimum Gasteiger partial charge on any atom is -0.497 e. The standard InChI is InChI=1S/C16H20N4O3/c1-4-8-17-15(21)12-7-9-18-16(19-12)20-13-10-11(22-2)5-6-14(13)23-3/h5-7,9-10H,4,8H2,1-3H3,(H,17,21)(H,18,19,20). The number of nitrogens with one attached hydrogen (secondary N) is 2. The first kappa shape index (κ1) is 16.5. The number of rotatable bonds is 7. The molecule has 0 saturated carbocycles. The Morgan fingerprint density at radius 3 is 2.74 bits per heavy atom. The third-order valence-corrected chi connectivity index (χ3v) is 3.08. The molecule has 7 heteroatoms. The Balaban J connectivity index is 2.22. The van der Waals surface area contributed by atoms with Crippen LogP contribution in [0.2, 0.25) is 0 Å². The van der Waals surface area contributed by atoms with Gasteiger partial charge in [-0.3, -0.25) is 4.79 Å². The number of carbonyl (C=O) groups excluding carboxylic acids is 1. The lowest BCUT2D eigenvalue weighted by Gasteiger charge is -2.12. The maximum absolute atomic E-state index is 12.0. The van der Waals surface area contributed by atoms with Crippen LogP contribution in [0.25, 0.3) is 0 Å². The van der Waals surface area contributed by atoms with Gasteiger partial charge in [0, 0.05) is 18.8 Å². The zero-order chi connectivity index (χ0) is 16.7. The van der Waals surface area contributed by atoms with Crippen LogP contribution in [0.5, 0.6) is 11.5 Å². The SMILES string of the molecule is CCCNC(=O)c1ccnc(Nc2cc(OC)ccc2OC)n1. The van der Waals surface area contributed by atoms with Crippen LogP contribution < -0.4 is 20.1 Å². The second-order valence-electron chi connectivity index (χ2n) is 4.71. The summed E-state index contributed by atoms with van der Waals surface area (Å²) in [5, 5.41) is 5.82. The predicted molar refractivity (Wildman–Crippen MR) is 87.5 cm³/mol. The molecule has 0 saturated heterocycles. The Bertz CT molecular complexity index is 676. The van der Waals surface area contributed by atoms with Gasteiger partial charge in [-0.25, -0.2) is 9.97 Å². The fourth-order valence-electron chi connectivity index (χ4n) is 1.91. The number of methoxy groups -OCH3 is 2. The van der Waals surface area contributed by atoms with E-state index in [1.807, 2.05) is 6.92 Å². The number of hydrogen-bond donors (Lipinski definition) is 2. The fourth-order valence-corrected chi connectivity index (χ4v) is 1.91. The Hall–Kier alpha value is -2.83. The lowest BCUT2D eigenvalue weighted by atomic mass is 10.2. The molecule has 0 spiro atoms. The summed E-state index contributed by atoms with van der Waals surface area (Å²) in [6.45, 7) is 2.59. The molecule has 2 rings (SSSR count). The Labute approximate surface area is 135 Å². The summed E-state index contributed by atoms with van der Waals surface area (Å²) < 4.78 is 10.5. The van der Waals surface area contributed by atoms with Gasteiger partial charge in [0.1, 0.15) is 17.2 Å². The first-order valence-corrected chi connectivity index (χ1v) is 7.28. The molecule has 1 amide bonds. The molecular formula is C16H20N4O3. The molecule has 1 heterocycles. The highest BCUT2D eigenvalue weighted by molar-refractivity contribution is 5.92. The number of benzene rings is 1. The zero-order valence-electron chi connectivity index (χ0n) is 13.4. The highest BCUT2D eigenvalue weighted by Crippen LogP contribution is 2.30. The molecule has 0 aliphatic carbocycles. The molecule has 23 heavy (non-hydrogen) atoms. The van der Waals surface area contributed by atoms with Crippen LogP contribution >= 0.6 is 0 Å². The van der Waals surface area contributed by atoms with Gasteiger partial charge in [0.2, 0.25) is 5.95 Å². The summed E-state index contributed by atoms with van der Waals surface area (Å²) in [5.41, 5.74) is 0.954. The van der Waals surface area contributed by atoms with Gasteiger partial charge in [0.25, 0.3) is 5.91 Å². The molecule has 2 aromatic rings. The van der Waals surface area contributed by atoms with Crippen LogP contribution in [0.15, 0.2) is 30.5 Å². The average molecular weight is 316 g/mol. The van der Waals surface area contributed by atoms with Gasteiger partial charge in [0.05, 0.1) is 19.9 Å². The molecule has 0 fully saturated rings. The third kappa shape index (κ3) is 4.32. The Morgan fingerprint density at radius 1 is 1.22 bits per heavy atom. The number of amides is 1. The smallest absolute Gasteiger partial charge is 0.270 e. The summed E-state index contributed by atoms with van der Waals surface area (Å²) >= 11 is 0. The molecule has 0 atom stereocenters. The van der Waals surface area contributed by atoms with Crippen molar-refractivity contribution in [1.29, 1.82) is 0 Å². The zero-order valence-corrected chi connectivity index (χ0v) is 13.4. The second kappa shape index (κ2) is 7.98. The van der Waals surface area contributed by atoms with Gasteiger partial charge in [-0.1, -0.05) is 6.92 Å². The van der Waals surface area contributed by atoms with E-state index in [9.17, 15) is 4.79 Å². The molecule has 7 nitrogen and oxygen atoms in total. The maximum atomic E-state index is 12.0. The van der Waals surface area contributed by atoms with E-state index >= 15 is 0 Å². The van der Waals surface area contributed by atoms with Crippen molar-refractivity contribution in [1.82, 2.24) is 15.3 Å². The minimum absolute atomic E-state index is 0.227. The predicted octanol–water partition coefficient (Wildman–Crippen LogP) is 2.38. The summed E-state index contributed by atoms with van der Waals surface area (Å²) in [6.07, 6.45) is 2.39. The summed E-state index contributed by atoms with van der Waals surface area (Å²) in [6, 6.07) is 6.91. The van der Waals surface area contributed by atoms with Gasteiger partial charge in [0.15, 0.2) is 0 Å². The third-order valence-electron chi connectivity index (χ3n) is 3.08. The van der Waals surface area contributed by atoms with Crippen LogP contribution in [-0.4, -0.2) is 36.6 Å². The van der Waals surface area contributed by atoms with Crippen LogP contribution in [0.1, 0.15) is 23.8 Å². The molecule has 0 bridgehead atoms. The summed E-state index contributed by atoms with van der Waals surface area (Å²) in [7, 11) is 3.16. The average Bonchev–Trinajstić information content (AvgIpc) is 2.59. The number of aromatic nitrogens is 2. The lowest BCUT2D eigenvalue weighted by molar-refractivity contribution is 0.0948. The Kier molecular flexibility index (Phi) is 5.74. The molecular weight excluding hydrogens is 296 g/mol. The number of anilines is 2. The highest BCUT2D eigenvalue weighted by atomic mass is 16.5. The van der Waals surface area contributed by atoms with E-state index in [-0.39, 0.29) is 5.91 Å². The molecule has 1 aromatic carbocycles. The molecule has 0 aliphatic rings. The second-order valence-corrected chi connectivity index (χ2v) is 4.71. The van der Waals surface area contributed by atoms with E-state index in [1.165, 1.54) is 6.20 Å². The first-order valence-electron chi connectivity index (χ1n) is 7.28. The van der Waals surface area contributed by atoms with Crippen molar-refractivity contribution in [3.63, 3.8) is 0 Å². The van der Waals surface area contributed by atoms with E-state index in [0.29, 0.717) is 35.4 Å². The van der Waals surface area contributed by atoms with Crippen LogP contribution in [0, 0.1) is 0 Å². The quantitative estimate of drug-likeness (QED) is 0.816. The van der Waals surface area contributed by atoms with Gasteiger partial charge < -0.3 is 20.1 Å². The largest absolute Gasteiger partial charge is 0.497 e. The van der Waals surface area contributed by atoms with E-state index < -0.39 is 0 Å². The van der Waals surface area contributed by atoms with Crippen LogP contribution in [0.3, 0.4) is 0 Å². The molecule has 0 unspecified atom stereocenters. The Morgan fingerprint density at radius 2 is 2.04 bits per heavy atom. The number of hydrogen-bond acceptors (Lipinski definition) is 6. The minimum atomic E-state index is -0.227. The van der Waals surface area contributed by atoms with Crippen LogP contribution in [-0.2, 0) is 0 Å². The van der Waals surface area contributed by atoms with Crippen LogP contribution in [0.4, 0.5) is 11.6 Å². The van der Waals surface area contributed by atoms with Crippen molar-refractivity contribution >= 4 is 17.5 Å². The van der Waals surface area contributed by atoms with Crippen molar-refractivity contribution in [2.24, 2.45) is 0 Å². The van der Waals surface area contributed by atoms with Crippen molar-refractivity contribution in [3.8, 4) is 11.5 Å². The summed E-state index contributed by atoms with van der Waals surface area (Å²) in [5.74, 6) is 1.37.